The van der Waals surface area contributed by atoms with E-state index in [0.29, 0.717) is 19.3 Å². The van der Waals surface area contributed by atoms with Gasteiger partial charge in [-0.15, -0.1) is 0 Å². The second kappa shape index (κ2) is 59.4. The van der Waals surface area contributed by atoms with E-state index >= 15 is 0 Å². The average Bonchev–Trinajstić information content (AvgIpc) is 3.38. The van der Waals surface area contributed by atoms with Crippen LogP contribution in [-0.4, -0.2) is 37.2 Å². The highest BCUT2D eigenvalue weighted by Crippen LogP contribution is 2.15. The van der Waals surface area contributed by atoms with Crippen LogP contribution >= 0.6 is 0 Å². The lowest BCUT2D eigenvalue weighted by Gasteiger charge is -2.18. The van der Waals surface area contributed by atoms with Crippen molar-refractivity contribution in [1.82, 2.24) is 0 Å². The normalized spacial score (nSPS) is 13.0. The molecule has 0 aliphatic heterocycles. The molecule has 0 amide bonds. The van der Waals surface area contributed by atoms with Crippen LogP contribution in [0.1, 0.15) is 258 Å². The predicted molar refractivity (Wildman–Crippen MR) is 311 cm³/mol. The minimum absolute atomic E-state index is 0.106. The van der Waals surface area contributed by atoms with Crippen molar-refractivity contribution in [2.24, 2.45) is 0 Å². The van der Waals surface area contributed by atoms with Crippen LogP contribution in [0.15, 0.2) is 122 Å². The molecule has 0 saturated carbocycles. The van der Waals surface area contributed by atoms with Gasteiger partial charge in [0.15, 0.2) is 6.10 Å². The van der Waals surface area contributed by atoms with Gasteiger partial charge in [0.2, 0.25) is 0 Å². The Hall–Kier alpha value is -4.19. The number of hydrogen-bond donors (Lipinski definition) is 0. The molecule has 0 aliphatic carbocycles. The quantitative estimate of drug-likeness (QED) is 0.0261. The highest BCUT2D eigenvalue weighted by molar-refractivity contribution is 5.71. The lowest BCUT2D eigenvalue weighted by Crippen LogP contribution is -2.30. The molecule has 408 valence electrons. The van der Waals surface area contributed by atoms with Crippen LogP contribution in [0.5, 0.6) is 0 Å². The van der Waals surface area contributed by atoms with Gasteiger partial charge >= 0.3 is 17.9 Å². The van der Waals surface area contributed by atoms with E-state index in [0.717, 1.165) is 135 Å². The molecule has 0 saturated heterocycles. The van der Waals surface area contributed by atoms with Gasteiger partial charge in [0.05, 0.1) is 0 Å². The van der Waals surface area contributed by atoms with Gasteiger partial charge in [-0.3, -0.25) is 14.4 Å². The number of esters is 3. The summed E-state index contributed by atoms with van der Waals surface area (Å²) < 4.78 is 16.8. The molecule has 0 bridgehead atoms. The predicted octanol–water partition coefficient (Wildman–Crippen LogP) is 20.0. The molecule has 0 heterocycles. The first-order valence-corrected chi connectivity index (χ1v) is 29.5. The van der Waals surface area contributed by atoms with Gasteiger partial charge in [-0.2, -0.15) is 0 Å². The van der Waals surface area contributed by atoms with Crippen molar-refractivity contribution >= 4 is 17.9 Å². The minimum Gasteiger partial charge on any atom is -0.462 e. The topological polar surface area (TPSA) is 78.9 Å². The van der Waals surface area contributed by atoms with E-state index < -0.39 is 6.10 Å². The van der Waals surface area contributed by atoms with Crippen molar-refractivity contribution in [1.29, 1.82) is 0 Å². The summed E-state index contributed by atoms with van der Waals surface area (Å²) in [7, 11) is 0. The van der Waals surface area contributed by atoms with Crippen LogP contribution < -0.4 is 0 Å². The van der Waals surface area contributed by atoms with Crippen molar-refractivity contribution in [3.8, 4) is 0 Å². The van der Waals surface area contributed by atoms with Gasteiger partial charge in [-0.1, -0.05) is 251 Å². The molecular weight excluding hydrogens is 889 g/mol. The van der Waals surface area contributed by atoms with Crippen LogP contribution in [0.2, 0.25) is 0 Å². The number of hydrogen-bond acceptors (Lipinski definition) is 6. The van der Waals surface area contributed by atoms with Crippen LogP contribution in [0.4, 0.5) is 0 Å². The maximum Gasteiger partial charge on any atom is 0.306 e. The fraction of sp³-hybridized carbons (Fsp3) is 0.652. The van der Waals surface area contributed by atoms with Gasteiger partial charge in [0.1, 0.15) is 13.2 Å². The summed E-state index contributed by atoms with van der Waals surface area (Å²) in [5.41, 5.74) is 0. The molecule has 0 aliphatic rings. The highest BCUT2D eigenvalue weighted by Gasteiger charge is 2.19. The molecule has 0 aromatic heterocycles. The Morgan fingerprint density at radius 2 is 0.542 bits per heavy atom. The number of carbonyl (C=O) groups is 3. The maximum absolute atomic E-state index is 12.9. The summed E-state index contributed by atoms with van der Waals surface area (Å²) in [6.07, 6.45) is 81.9. The zero-order valence-electron chi connectivity index (χ0n) is 46.7. The zero-order chi connectivity index (χ0) is 52.2. The number of unbranched alkanes of at least 4 members (excludes halogenated alkanes) is 21. The molecule has 1 unspecified atom stereocenters. The summed E-state index contributed by atoms with van der Waals surface area (Å²) >= 11 is 0. The van der Waals surface area contributed by atoms with Gasteiger partial charge < -0.3 is 14.2 Å². The first-order valence-electron chi connectivity index (χ1n) is 29.5. The second-order valence-corrected chi connectivity index (χ2v) is 19.1. The third-order valence-electron chi connectivity index (χ3n) is 12.2. The Labute approximate surface area is 443 Å². The van der Waals surface area contributed by atoms with Crippen molar-refractivity contribution < 1.29 is 28.6 Å². The third kappa shape index (κ3) is 56.7. The molecule has 0 radical (unpaired) electrons. The molecule has 1 atom stereocenters. The Bertz CT molecular complexity index is 1520. The lowest BCUT2D eigenvalue weighted by atomic mass is 10.0. The van der Waals surface area contributed by atoms with Crippen LogP contribution in [0, 0.1) is 0 Å². The molecule has 72 heavy (non-hydrogen) atoms. The fourth-order valence-corrected chi connectivity index (χ4v) is 7.85. The summed E-state index contributed by atoms with van der Waals surface area (Å²) in [5.74, 6) is -0.968. The zero-order valence-corrected chi connectivity index (χ0v) is 46.7. The molecule has 0 rings (SSSR count). The molecule has 6 heteroatoms. The number of rotatable bonds is 52. The molecule has 0 aromatic rings. The molecule has 0 fully saturated rings. The average molecular weight is 998 g/mol. The summed E-state index contributed by atoms with van der Waals surface area (Å²) in [5, 5.41) is 0. The van der Waals surface area contributed by atoms with Crippen molar-refractivity contribution in [3.05, 3.63) is 122 Å². The van der Waals surface area contributed by atoms with E-state index in [9.17, 15) is 14.4 Å². The highest BCUT2D eigenvalue weighted by atomic mass is 16.6. The first-order chi connectivity index (χ1) is 35.5. The molecule has 6 nitrogen and oxygen atoms in total. The molecule has 0 aromatic carbocycles. The van der Waals surface area contributed by atoms with Crippen molar-refractivity contribution in [3.63, 3.8) is 0 Å². The standard InChI is InChI=1S/C66H108O6/c1-4-7-10-13-16-19-22-25-28-30-31-32-33-34-35-36-39-41-44-47-50-53-56-59-65(68)71-62-63(61-70-64(67)58-55-52-49-46-43-40-37-27-24-21-18-15-12-9-6-3)72-66(69)60-57-54-51-48-45-42-38-29-26-23-20-17-14-11-8-5-2/h7,9-10,12,16,18-19,21,25,27-28,31-32,34-35,37,39,41,43,46,63H,4-6,8,11,13-15,17,20,22-24,26,29-30,33,36,38,40,42,44-45,47-62H2,1-3H3/b10-7-,12-9-,19-16-,21-18-,28-25-,32-31-,35-34-,37-27-,41-39-,46-43-. The largest absolute Gasteiger partial charge is 0.462 e. The first kappa shape index (κ1) is 67.8. The van der Waals surface area contributed by atoms with E-state index in [1.165, 1.54) is 83.5 Å². The Balaban J connectivity index is 4.47. The SMILES string of the molecule is CC/C=C\C/C=C\C/C=C\C/C=C\C/C=C\C/C=C\CCCCCCC(=O)OCC(COC(=O)CCCC/C=C\C/C=C\C/C=C\C/C=C\CC)OC(=O)CCCCCCCCCCCCCCCCCC. The summed E-state index contributed by atoms with van der Waals surface area (Å²) in [6.45, 7) is 6.36. The van der Waals surface area contributed by atoms with Crippen LogP contribution in [0.25, 0.3) is 0 Å². The third-order valence-corrected chi connectivity index (χ3v) is 12.2. The molecule has 0 spiro atoms. The van der Waals surface area contributed by atoms with Crippen LogP contribution in [-0.2, 0) is 28.6 Å². The van der Waals surface area contributed by atoms with Gasteiger partial charge in [-0.05, 0) is 109 Å². The second-order valence-electron chi connectivity index (χ2n) is 19.1. The number of ether oxygens (including phenoxy) is 3. The maximum atomic E-state index is 12.9. The number of allylic oxidation sites excluding steroid dienone is 20. The Morgan fingerprint density at radius 1 is 0.292 bits per heavy atom. The summed E-state index contributed by atoms with van der Waals surface area (Å²) in [6, 6.07) is 0. The fourth-order valence-electron chi connectivity index (χ4n) is 7.85. The van der Waals surface area contributed by atoms with Gasteiger partial charge in [0.25, 0.3) is 0 Å². The monoisotopic (exact) mass is 997 g/mol. The van der Waals surface area contributed by atoms with E-state index in [1.807, 2.05) is 0 Å². The van der Waals surface area contributed by atoms with E-state index in [1.54, 1.807) is 0 Å². The van der Waals surface area contributed by atoms with Gasteiger partial charge in [-0.25, -0.2) is 0 Å². The van der Waals surface area contributed by atoms with E-state index in [-0.39, 0.29) is 31.1 Å². The molecule has 0 N–H and O–H groups in total. The van der Waals surface area contributed by atoms with E-state index in [4.69, 9.17) is 14.2 Å². The van der Waals surface area contributed by atoms with Crippen LogP contribution in [0.3, 0.4) is 0 Å². The Kier molecular flexibility index (Phi) is 55.9. The smallest absolute Gasteiger partial charge is 0.306 e. The summed E-state index contributed by atoms with van der Waals surface area (Å²) in [4.78, 5) is 38.2. The Morgan fingerprint density at radius 3 is 0.875 bits per heavy atom. The van der Waals surface area contributed by atoms with Gasteiger partial charge in [0, 0.05) is 19.3 Å². The lowest BCUT2D eigenvalue weighted by molar-refractivity contribution is -0.167. The number of carbonyl (C=O) groups excluding carboxylic acids is 3. The molecular formula is C66H108O6. The van der Waals surface area contributed by atoms with Crippen molar-refractivity contribution in [2.75, 3.05) is 13.2 Å². The van der Waals surface area contributed by atoms with E-state index in [2.05, 4.69) is 142 Å². The minimum atomic E-state index is -0.808. The van der Waals surface area contributed by atoms with Crippen molar-refractivity contribution in [2.45, 2.75) is 264 Å².